The molecular formula is C6H8O3S. The summed E-state index contributed by atoms with van der Waals surface area (Å²) in [4.78, 5) is 9.93. The average molecular weight is 160 g/mol. The Labute approximate surface area is 64.3 Å². The Balaban J connectivity index is 0.000000180. The maximum absolute atomic E-state index is 9.93. The second-order valence-corrected chi connectivity index (χ2v) is 2.14. The highest BCUT2D eigenvalue weighted by Crippen LogP contribution is 1.89. The van der Waals surface area contributed by atoms with Gasteiger partial charge in [-0.05, 0) is 18.3 Å². The van der Waals surface area contributed by atoms with E-state index in [-0.39, 0.29) is 11.0 Å². The molecule has 4 heteroatoms. The van der Waals surface area contributed by atoms with Crippen molar-refractivity contribution in [3.63, 3.8) is 0 Å². The summed E-state index contributed by atoms with van der Waals surface area (Å²) in [6.07, 6.45) is 3.10. The van der Waals surface area contributed by atoms with Gasteiger partial charge in [-0.3, -0.25) is 0 Å². The van der Waals surface area contributed by atoms with Gasteiger partial charge >= 0.3 is 5.97 Å². The maximum Gasteiger partial charge on any atom is 0.330 e. The number of carbonyl (C=O) groups is 1. The van der Waals surface area contributed by atoms with Gasteiger partial charge in [0.05, 0.1) is 0 Å². The summed E-state index contributed by atoms with van der Waals surface area (Å²) in [5.74, 6) is -0.227. The molecule has 0 saturated heterocycles. The molecule has 0 unspecified atom stereocenters. The van der Waals surface area contributed by atoms with E-state index in [1.54, 1.807) is 6.08 Å². The van der Waals surface area contributed by atoms with Crippen molar-refractivity contribution in [2.45, 2.75) is 6.92 Å². The van der Waals surface area contributed by atoms with Crippen molar-refractivity contribution >= 4 is 23.2 Å². The van der Waals surface area contributed by atoms with Crippen LogP contribution in [-0.4, -0.2) is 22.7 Å². The molecule has 0 radical (unpaired) electrons. The third kappa shape index (κ3) is 7.10. The molecule has 3 nitrogen and oxygen atoms in total. The molecular weight excluding hydrogens is 152 g/mol. The molecule has 1 rings (SSSR count). The van der Waals surface area contributed by atoms with Gasteiger partial charge in [-0.2, -0.15) is 0 Å². The molecule has 1 N–H and O–H groups in total. The highest BCUT2D eigenvalue weighted by Gasteiger charge is 1.98. The Hall–Kier alpha value is -0.900. The van der Waals surface area contributed by atoms with Crippen LogP contribution in [0.15, 0.2) is 12.2 Å². The standard InChI is InChI=1S/C4H4O2.C2H4OS/c5-4-2-1-3-6-4;1-2(3)4/h1-2H,3H2;1H3,(H,3,4). The Kier molecular flexibility index (Phi) is 4.49. The van der Waals surface area contributed by atoms with Gasteiger partial charge in [0, 0.05) is 13.0 Å². The van der Waals surface area contributed by atoms with E-state index in [0.29, 0.717) is 6.61 Å². The van der Waals surface area contributed by atoms with Crippen molar-refractivity contribution in [2.75, 3.05) is 6.61 Å². The first-order valence-corrected chi connectivity index (χ1v) is 3.06. The van der Waals surface area contributed by atoms with Crippen molar-refractivity contribution in [1.29, 1.82) is 0 Å². The minimum atomic E-state index is -0.227. The van der Waals surface area contributed by atoms with E-state index in [2.05, 4.69) is 17.0 Å². The number of cyclic esters (lactones) is 1. The maximum atomic E-state index is 9.93. The molecule has 0 atom stereocenters. The lowest BCUT2D eigenvalue weighted by Gasteiger charge is -1.81. The van der Waals surface area contributed by atoms with Crippen LogP contribution in [0.4, 0.5) is 0 Å². The lowest BCUT2D eigenvalue weighted by Crippen LogP contribution is -1.89. The number of rotatable bonds is 0. The number of ether oxygens (including phenoxy) is 1. The van der Waals surface area contributed by atoms with Crippen LogP contribution >= 0.6 is 12.2 Å². The number of thiocarbonyl (C=S) groups is 1. The molecule has 1 aliphatic rings. The highest BCUT2D eigenvalue weighted by molar-refractivity contribution is 7.79. The van der Waals surface area contributed by atoms with E-state index in [0.717, 1.165) is 0 Å². The van der Waals surface area contributed by atoms with Crippen molar-refractivity contribution < 1.29 is 14.6 Å². The number of aliphatic hydroxyl groups is 1. The van der Waals surface area contributed by atoms with Gasteiger partial charge in [0.25, 0.3) is 0 Å². The smallest absolute Gasteiger partial charge is 0.330 e. The van der Waals surface area contributed by atoms with Crippen molar-refractivity contribution in [1.82, 2.24) is 0 Å². The van der Waals surface area contributed by atoms with Crippen LogP contribution in [0.1, 0.15) is 6.92 Å². The fraction of sp³-hybridized carbons (Fsp3) is 0.333. The molecule has 10 heavy (non-hydrogen) atoms. The highest BCUT2D eigenvalue weighted by atomic mass is 32.1. The largest absolute Gasteiger partial charge is 0.502 e. The number of carbonyl (C=O) groups excluding carboxylic acids is 1. The number of aliphatic hydroxyl groups excluding tert-OH is 1. The first-order valence-electron chi connectivity index (χ1n) is 2.65. The molecule has 56 valence electrons. The van der Waals surface area contributed by atoms with Crippen molar-refractivity contribution in [3.8, 4) is 0 Å². The van der Waals surface area contributed by atoms with Gasteiger partial charge in [0.2, 0.25) is 0 Å². The summed E-state index contributed by atoms with van der Waals surface area (Å²) in [5.41, 5.74) is 0. The van der Waals surface area contributed by atoms with E-state index in [1.807, 2.05) is 0 Å². The topological polar surface area (TPSA) is 46.5 Å². The predicted molar refractivity (Wildman–Crippen MR) is 41.0 cm³/mol. The molecule has 0 aromatic rings. The first-order chi connectivity index (χ1) is 4.63. The van der Waals surface area contributed by atoms with Crippen LogP contribution < -0.4 is 0 Å². The molecule has 1 aliphatic heterocycles. The van der Waals surface area contributed by atoms with Crippen LogP contribution in [-0.2, 0) is 9.53 Å². The third-order valence-corrected chi connectivity index (χ3v) is 0.576. The summed E-state index contributed by atoms with van der Waals surface area (Å²) in [6, 6.07) is 0. The van der Waals surface area contributed by atoms with E-state index in [1.165, 1.54) is 13.0 Å². The SMILES string of the molecule is CC(O)=S.O=C1C=CCO1. The van der Waals surface area contributed by atoms with Crippen LogP contribution in [0.2, 0.25) is 0 Å². The number of esters is 1. The van der Waals surface area contributed by atoms with Crippen LogP contribution in [0.5, 0.6) is 0 Å². The molecule has 0 fully saturated rings. The lowest BCUT2D eigenvalue weighted by atomic mass is 10.6. The van der Waals surface area contributed by atoms with Gasteiger partial charge in [-0.25, -0.2) is 4.79 Å². The fourth-order valence-corrected chi connectivity index (χ4v) is 0.323. The molecule has 0 bridgehead atoms. The Bertz CT molecular complexity index is 158. The van der Waals surface area contributed by atoms with Crippen LogP contribution in [0, 0.1) is 0 Å². The van der Waals surface area contributed by atoms with E-state index in [9.17, 15) is 4.79 Å². The van der Waals surface area contributed by atoms with E-state index < -0.39 is 0 Å². The Morgan fingerprint density at radius 1 is 1.90 bits per heavy atom. The minimum Gasteiger partial charge on any atom is -0.502 e. The monoisotopic (exact) mass is 160 g/mol. The number of hydrogen-bond acceptors (Lipinski definition) is 3. The first kappa shape index (κ1) is 9.10. The van der Waals surface area contributed by atoms with E-state index in [4.69, 9.17) is 5.11 Å². The van der Waals surface area contributed by atoms with Gasteiger partial charge in [0.1, 0.15) is 6.61 Å². The van der Waals surface area contributed by atoms with Gasteiger partial charge in [-0.1, -0.05) is 0 Å². The minimum absolute atomic E-state index is 0.000000000000000222. The number of hydrogen-bond donors (Lipinski definition) is 1. The molecule has 0 spiro atoms. The molecule has 0 saturated carbocycles. The Morgan fingerprint density at radius 3 is 2.50 bits per heavy atom. The summed E-state index contributed by atoms with van der Waals surface area (Å²) in [6.45, 7) is 1.91. The summed E-state index contributed by atoms with van der Waals surface area (Å²) in [5, 5.41) is 7.79. The van der Waals surface area contributed by atoms with Crippen molar-refractivity contribution in [3.05, 3.63) is 12.2 Å². The van der Waals surface area contributed by atoms with Crippen molar-refractivity contribution in [2.24, 2.45) is 0 Å². The second kappa shape index (κ2) is 4.93. The fourth-order valence-electron chi connectivity index (χ4n) is 0.323. The second-order valence-electron chi connectivity index (χ2n) is 1.55. The lowest BCUT2D eigenvalue weighted by molar-refractivity contribution is -0.134. The van der Waals surface area contributed by atoms with Gasteiger partial charge < -0.3 is 9.84 Å². The Morgan fingerprint density at radius 2 is 2.40 bits per heavy atom. The zero-order valence-corrected chi connectivity index (χ0v) is 6.35. The quantitative estimate of drug-likeness (QED) is 0.424. The molecule has 0 aromatic heterocycles. The molecule has 0 amide bonds. The van der Waals surface area contributed by atoms with Crippen LogP contribution in [0.25, 0.3) is 0 Å². The zero-order chi connectivity index (χ0) is 7.98. The van der Waals surface area contributed by atoms with E-state index >= 15 is 0 Å². The van der Waals surface area contributed by atoms with Gasteiger partial charge in [-0.15, -0.1) is 0 Å². The summed E-state index contributed by atoms with van der Waals surface area (Å²) < 4.78 is 4.40. The average Bonchev–Trinajstić information content (AvgIpc) is 2.15. The summed E-state index contributed by atoms with van der Waals surface area (Å²) >= 11 is 4.09. The molecule has 1 heterocycles. The zero-order valence-electron chi connectivity index (χ0n) is 5.53. The molecule has 0 aromatic carbocycles. The predicted octanol–water partition coefficient (Wildman–Crippen LogP) is 0.991. The summed E-state index contributed by atoms with van der Waals surface area (Å²) in [7, 11) is 0. The molecule has 0 aliphatic carbocycles. The third-order valence-electron chi connectivity index (χ3n) is 0.576. The van der Waals surface area contributed by atoms with Gasteiger partial charge in [0.15, 0.2) is 5.05 Å². The van der Waals surface area contributed by atoms with Crippen LogP contribution in [0.3, 0.4) is 0 Å². The normalized spacial score (nSPS) is 13.5.